The Morgan fingerprint density at radius 2 is 1.96 bits per heavy atom. The quantitative estimate of drug-likeness (QED) is 0.771. The lowest BCUT2D eigenvalue weighted by atomic mass is 9.79. The summed E-state index contributed by atoms with van der Waals surface area (Å²) in [5, 5.41) is 0. The molecule has 0 saturated carbocycles. The predicted molar refractivity (Wildman–Crippen MR) is 93.0 cm³/mol. The highest BCUT2D eigenvalue weighted by atomic mass is 35.5. The van der Waals surface area contributed by atoms with Gasteiger partial charge < -0.3 is 20.1 Å². The topological polar surface area (TPSA) is 64.8 Å². The largest absolute Gasteiger partial charge is 0.494 e. The standard InChI is InChI=1S/C17H26N2O3.ClH/c1-19(10-5-11-22-15-6-3-2-4-7-15)16(20)17(14-18)8-12-21-13-9-17;/h2-4,6-7H,5,8-14,18H2,1H3;1H. The first-order chi connectivity index (χ1) is 10.7. The van der Waals surface area contributed by atoms with Crippen molar-refractivity contribution in [2.75, 3.05) is 40.0 Å². The van der Waals surface area contributed by atoms with Crippen LogP contribution in [0.1, 0.15) is 19.3 Å². The molecule has 1 aliphatic heterocycles. The third-order valence-corrected chi connectivity index (χ3v) is 4.29. The predicted octanol–water partition coefficient (Wildman–Crippen LogP) is 2.09. The highest BCUT2D eigenvalue weighted by Crippen LogP contribution is 2.31. The van der Waals surface area contributed by atoms with Crippen molar-refractivity contribution in [1.82, 2.24) is 4.90 Å². The van der Waals surface area contributed by atoms with Crippen molar-refractivity contribution in [2.24, 2.45) is 11.1 Å². The van der Waals surface area contributed by atoms with Crippen LogP contribution < -0.4 is 10.5 Å². The third kappa shape index (κ3) is 5.37. The van der Waals surface area contributed by atoms with Crippen LogP contribution in [0.4, 0.5) is 0 Å². The summed E-state index contributed by atoms with van der Waals surface area (Å²) in [6.45, 7) is 2.90. The van der Waals surface area contributed by atoms with Gasteiger partial charge in [-0.1, -0.05) is 18.2 Å². The van der Waals surface area contributed by atoms with Crippen molar-refractivity contribution < 1.29 is 14.3 Å². The van der Waals surface area contributed by atoms with Gasteiger partial charge in [0.1, 0.15) is 5.75 Å². The van der Waals surface area contributed by atoms with Crippen molar-refractivity contribution in [3.8, 4) is 5.75 Å². The van der Waals surface area contributed by atoms with E-state index in [0.717, 1.165) is 12.2 Å². The van der Waals surface area contributed by atoms with Gasteiger partial charge in [0.15, 0.2) is 0 Å². The van der Waals surface area contributed by atoms with Crippen LogP contribution in [0.2, 0.25) is 0 Å². The lowest BCUT2D eigenvalue weighted by molar-refractivity contribution is -0.145. The summed E-state index contributed by atoms with van der Waals surface area (Å²) in [5.74, 6) is 0.998. The van der Waals surface area contributed by atoms with E-state index >= 15 is 0 Å². The summed E-state index contributed by atoms with van der Waals surface area (Å²) in [7, 11) is 1.84. The Morgan fingerprint density at radius 3 is 2.57 bits per heavy atom. The number of hydrogen-bond donors (Lipinski definition) is 1. The molecule has 0 atom stereocenters. The van der Waals surface area contributed by atoms with Crippen LogP contribution in [0.5, 0.6) is 5.75 Å². The second-order valence-electron chi connectivity index (χ2n) is 5.84. The van der Waals surface area contributed by atoms with Gasteiger partial charge in [-0.2, -0.15) is 0 Å². The zero-order valence-corrected chi connectivity index (χ0v) is 14.5. The number of hydrogen-bond acceptors (Lipinski definition) is 4. The number of nitrogens with two attached hydrogens (primary N) is 1. The highest BCUT2D eigenvalue weighted by Gasteiger charge is 2.40. The van der Waals surface area contributed by atoms with Gasteiger partial charge in [0.25, 0.3) is 0 Å². The Morgan fingerprint density at radius 1 is 1.30 bits per heavy atom. The first-order valence-electron chi connectivity index (χ1n) is 7.89. The average molecular weight is 343 g/mol. The molecule has 2 rings (SSSR count). The molecule has 0 unspecified atom stereocenters. The van der Waals surface area contributed by atoms with E-state index < -0.39 is 5.41 Å². The van der Waals surface area contributed by atoms with Crippen molar-refractivity contribution in [3.05, 3.63) is 30.3 Å². The summed E-state index contributed by atoms with van der Waals surface area (Å²) in [4.78, 5) is 14.4. The van der Waals surface area contributed by atoms with Crippen LogP contribution in [-0.2, 0) is 9.53 Å². The van der Waals surface area contributed by atoms with Gasteiger partial charge in [0, 0.05) is 33.4 Å². The third-order valence-electron chi connectivity index (χ3n) is 4.29. The van der Waals surface area contributed by atoms with Gasteiger partial charge in [-0.25, -0.2) is 0 Å². The van der Waals surface area contributed by atoms with E-state index in [1.807, 2.05) is 37.4 Å². The maximum absolute atomic E-state index is 12.7. The van der Waals surface area contributed by atoms with Crippen molar-refractivity contribution >= 4 is 18.3 Å². The number of nitrogens with zero attached hydrogens (tertiary/aromatic N) is 1. The minimum atomic E-state index is -0.437. The van der Waals surface area contributed by atoms with Gasteiger partial charge in [0.05, 0.1) is 12.0 Å². The zero-order valence-electron chi connectivity index (χ0n) is 13.7. The normalized spacial score (nSPS) is 16.3. The van der Waals surface area contributed by atoms with Crippen LogP contribution in [0, 0.1) is 5.41 Å². The van der Waals surface area contributed by atoms with E-state index in [0.29, 0.717) is 45.8 Å². The molecule has 1 fully saturated rings. The first-order valence-corrected chi connectivity index (χ1v) is 7.89. The van der Waals surface area contributed by atoms with Gasteiger partial charge in [0.2, 0.25) is 5.91 Å². The highest BCUT2D eigenvalue weighted by molar-refractivity contribution is 5.85. The molecule has 0 radical (unpaired) electrons. The minimum absolute atomic E-state index is 0. The summed E-state index contributed by atoms with van der Waals surface area (Å²) in [6.07, 6.45) is 2.23. The van der Waals surface area contributed by atoms with Gasteiger partial charge in [-0.3, -0.25) is 4.79 Å². The van der Waals surface area contributed by atoms with Crippen LogP contribution >= 0.6 is 12.4 Å². The molecule has 1 heterocycles. The molecule has 1 amide bonds. The average Bonchev–Trinajstić information content (AvgIpc) is 2.59. The summed E-state index contributed by atoms with van der Waals surface area (Å²) in [5.41, 5.74) is 5.44. The summed E-state index contributed by atoms with van der Waals surface area (Å²) < 4.78 is 11.0. The van der Waals surface area contributed by atoms with Crippen LogP contribution in [0.15, 0.2) is 30.3 Å². The van der Waals surface area contributed by atoms with Crippen LogP contribution in [0.25, 0.3) is 0 Å². The molecule has 5 nitrogen and oxygen atoms in total. The van der Waals surface area contributed by atoms with Gasteiger partial charge in [-0.15, -0.1) is 12.4 Å². The molecule has 1 aromatic carbocycles. The molecule has 6 heteroatoms. The smallest absolute Gasteiger partial charge is 0.229 e. The van der Waals surface area contributed by atoms with Crippen LogP contribution in [-0.4, -0.2) is 50.8 Å². The fraction of sp³-hybridized carbons (Fsp3) is 0.588. The SMILES string of the molecule is CN(CCCOc1ccccc1)C(=O)C1(CN)CCOCC1.Cl. The number of ether oxygens (including phenoxy) is 2. The van der Waals surface area contributed by atoms with E-state index in [1.54, 1.807) is 4.90 Å². The lowest BCUT2D eigenvalue weighted by Gasteiger charge is -2.37. The number of amides is 1. The number of carbonyl (C=O) groups excluding carboxylic acids is 1. The number of benzene rings is 1. The zero-order chi connectivity index (χ0) is 15.8. The minimum Gasteiger partial charge on any atom is -0.494 e. The molecule has 1 aromatic rings. The molecule has 0 bridgehead atoms. The first kappa shape index (κ1) is 19.7. The molecular formula is C17H27ClN2O3. The molecule has 0 spiro atoms. The maximum Gasteiger partial charge on any atom is 0.229 e. The van der Waals surface area contributed by atoms with Crippen LogP contribution in [0.3, 0.4) is 0 Å². The van der Waals surface area contributed by atoms with Gasteiger partial charge >= 0.3 is 0 Å². The van der Waals surface area contributed by atoms with E-state index in [2.05, 4.69) is 0 Å². The Kier molecular flexibility index (Phi) is 8.37. The van der Waals surface area contributed by atoms with Gasteiger partial charge in [-0.05, 0) is 31.4 Å². The van der Waals surface area contributed by atoms with E-state index in [9.17, 15) is 4.79 Å². The molecule has 23 heavy (non-hydrogen) atoms. The fourth-order valence-electron chi connectivity index (χ4n) is 2.78. The molecule has 130 valence electrons. The Balaban J connectivity index is 0.00000264. The number of carbonyl (C=O) groups is 1. The molecule has 2 N–H and O–H groups in total. The van der Waals surface area contributed by atoms with E-state index in [-0.39, 0.29) is 18.3 Å². The molecule has 1 aliphatic rings. The van der Waals surface area contributed by atoms with Crippen molar-refractivity contribution in [2.45, 2.75) is 19.3 Å². The Bertz CT molecular complexity index is 464. The number of halogens is 1. The van der Waals surface area contributed by atoms with E-state index in [4.69, 9.17) is 15.2 Å². The van der Waals surface area contributed by atoms with E-state index in [1.165, 1.54) is 0 Å². The molecule has 0 aromatic heterocycles. The Labute approximate surface area is 144 Å². The van der Waals surface area contributed by atoms with Crippen molar-refractivity contribution in [3.63, 3.8) is 0 Å². The Hall–Kier alpha value is -1.30. The maximum atomic E-state index is 12.7. The monoisotopic (exact) mass is 342 g/mol. The fourth-order valence-corrected chi connectivity index (χ4v) is 2.78. The molecular weight excluding hydrogens is 316 g/mol. The second kappa shape index (κ2) is 9.75. The second-order valence-corrected chi connectivity index (χ2v) is 5.84. The van der Waals surface area contributed by atoms with Crippen molar-refractivity contribution in [1.29, 1.82) is 0 Å². The molecule has 1 saturated heterocycles. The lowest BCUT2D eigenvalue weighted by Crippen LogP contribution is -2.50. The summed E-state index contributed by atoms with van der Waals surface area (Å²) in [6, 6.07) is 9.71. The number of para-hydroxylation sites is 1. The summed E-state index contributed by atoms with van der Waals surface area (Å²) >= 11 is 0. The number of rotatable bonds is 7. The molecule has 0 aliphatic carbocycles.